The second-order valence-corrected chi connectivity index (χ2v) is 26.1. The van der Waals surface area contributed by atoms with Gasteiger partial charge in [0.1, 0.15) is 29.3 Å². The van der Waals surface area contributed by atoms with Crippen molar-refractivity contribution >= 4 is 57.4 Å². The van der Waals surface area contributed by atoms with E-state index in [0.29, 0.717) is 36.9 Å². The third kappa shape index (κ3) is 22.0. The molecule has 20 heteroatoms. The number of alkyl carbamates (subject to hydrolysis) is 1. The highest BCUT2D eigenvalue weighted by Gasteiger charge is 2.46. The van der Waals surface area contributed by atoms with Crippen LogP contribution in [0.2, 0.25) is 0 Å². The van der Waals surface area contributed by atoms with Gasteiger partial charge in [0.05, 0.1) is 17.8 Å². The van der Waals surface area contributed by atoms with Gasteiger partial charge >= 0.3 is 12.2 Å². The Kier molecular flexibility index (Phi) is 24.5. The molecule has 0 spiro atoms. The van der Waals surface area contributed by atoms with E-state index < -0.39 is 110 Å². The number of aryl methyl sites for hydroxylation is 1. The highest BCUT2D eigenvalue weighted by Crippen LogP contribution is 2.33. The van der Waals surface area contributed by atoms with Gasteiger partial charge in [0.2, 0.25) is 33.7 Å². The smallest absolute Gasteiger partial charge is 0.410 e. The lowest BCUT2D eigenvalue weighted by Crippen LogP contribution is -2.63. The maximum atomic E-state index is 14.7. The maximum Gasteiger partial charge on any atom is 0.410 e. The second kappa shape index (κ2) is 29.1. The first-order valence-electron chi connectivity index (χ1n) is 27.2. The minimum atomic E-state index is -4.29. The molecule has 0 aliphatic rings. The number of benzene rings is 3. The number of carbonyl (C=O) groups excluding carboxylic acids is 7. The van der Waals surface area contributed by atoms with Gasteiger partial charge in [-0.25, -0.2) is 22.7 Å². The summed E-state index contributed by atoms with van der Waals surface area (Å²) >= 11 is 0. The summed E-state index contributed by atoms with van der Waals surface area (Å²) in [7, 11) is -1.25. The van der Waals surface area contributed by atoms with Crippen LogP contribution in [0.15, 0.2) is 96.6 Å². The number of ether oxygens (including phenoxy) is 2. The Bertz CT molecular complexity index is 2710. The first-order valence-corrected chi connectivity index (χ1v) is 28.9. The van der Waals surface area contributed by atoms with Crippen molar-refractivity contribution in [1.29, 1.82) is 0 Å². The summed E-state index contributed by atoms with van der Waals surface area (Å²) in [4.78, 5) is 98.3. The summed E-state index contributed by atoms with van der Waals surface area (Å²) in [5.41, 5.74) is 5.33. The Hall–Kier alpha value is -6.80. The summed E-state index contributed by atoms with van der Waals surface area (Å²) < 4.78 is 40.1. The van der Waals surface area contributed by atoms with E-state index >= 15 is 0 Å². The number of sulfonamides is 1. The van der Waals surface area contributed by atoms with Crippen molar-refractivity contribution in [3.05, 3.63) is 113 Å². The van der Waals surface area contributed by atoms with Crippen molar-refractivity contribution in [2.45, 2.75) is 182 Å². The van der Waals surface area contributed by atoms with E-state index in [0.717, 1.165) is 11.1 Å². The first kappa shape index (κ1) is 67.5. The summed E-state index contributed by atoms with van der Waals surface area (Å²) in [5.74, 6) is -3.91. The van der Waals surface area contributed by atoms with Gasteiger partial charge in [-0.1, -0.05) is 127 Å². The summed E-state index contributed by atoms with van der Waals surface area (Å²) in [6, 6.07) is 19.9. The van der Waals surface area contributed by atoms with Gasteiger partial charge in [-0.15, -0.1) is 0 Å². The fraction of sp³-hybridized carbons (Fsp3) is 0.550. The molecule has 7 N–H and O–H groups in total. The number of rotatable bonds is 25. The average Bonchev–Trinajstić information content (AvgIpc) is 3.34. The van der Waals surface area contributed by atoms with E-state index in [-0.39, 0.29) is 24.5 Å². The van der Waals surface area contributed by atoms with Crippen LogP contribution in [0.3, 0.4) is 0 Å². The predicted octanol–water partition coefficient (Wildman–Crippen LogP) is 7.88. The topological polar surface area (TPSA) is 265 Å². The van der Waals surface area contributed by atoms with E-state index in [9.17, 15) is 42.0 Å². The van der Waals surface area contributed by atoms with E-state index in [4.69, 9.17) is 15.2 Å². The number of hydrogen-bond donors (Lipinski definition) is 6. The molecule has 0 heterocycles. The van der Waals surface area contributed by atoms with Gasteiger partial charge in [0, 0.05) is 37.3 Å². The maximum absolute atomic E-state index is 14.7. The quantitative estimate of drug-likeness (QED) is 0.0350. The fourth-order valence-electron chi connectivity index (χ4n) is 8.77. The molecule has 0 aromatic heterocycles. The molecule has 5 atom stereocenters. The standard InChI is InChI=1S/C60H90N8O11S/c1-39(2)47(67(15)54(73)48(57(4,5)6)65-53(72)49(68(16)56(75)79-59(10,11)12)60(13,14)43-27-21-18-22-28-43)37-40(3)50(69)66-80(76,77)38-42-30-33-44(34-31-42)63-52(71)46(29-23-24-36-62-55(74)78-58(7,8)9)64-51(70)45(61)35-32-41-25-19-17-20-26-41/h17-22,25-28,30-31,33-34,37,39,45-49H,23-24,29,32,35-36,38,61H2,1-16H3,(H,62,74)(H,63,71)(H,64,70)(H,65,72)(H,66,69)/b40-37+/t45-,46-,47+,48+,49+/m0/s1. The molecule has 80 heavy (non-hydrogen) atoms. The van der Waals surface area contributed by atoms with Gasteiger partial charge < -0.3 is 41.4 Å². The minimum Gasteiger partial charge on any atom is -0.444 e. The van der Waals surface area contributed by atoms with Crippen LogP contribution < -0.4 is 31.7 Å². The van der Waals surface area contributed by atoms with Crippen molar-refractivity contribution in [3.8, 4) is 0 Å². The average molecular weight is 1130 g/mol. The molecule has 19 nitrogen and oxygen atoms in total. The number of anilines is 1. The SMILES string of the molecule is C/C(=C\[C@H](C(C)C)N(C)C(=O)[C@@H](NC(=O)[C@@H](N(C)C(=O)OC(C)(C)C)C(C)(C)c1ccccc1)C(C)(C)C)C(=O)NS(=O)(=O)Cc1ccc(NC(=O)[C@H](CCCCNC(=O)OC(C)(C)C)NC(=O)[C@@H](N)CCc2ccccc2)cc1. The Labute approximate surface area is 475 Å². The Balaban J connectivity index is 1.76. The Morgan fingerprint density at radius 3 is 1.77 bits per heavy atom. The Morgan fingerprint density at radius 2 is 1.24 bits per heavy atom. The number of likely N-dealkylation sites (N-methyl/N-ethyl adjacent to an activating group) is 2. The second-order valence-electron chi connectivity index (χ2n) is 24.4. The summed E-state index contributed by atoms with van der Waals surface area (Å²) in [6.07, 6.45) is 2.27. The van der Waals surface area contributed by atoms with Crippen molar-refractivity contribution in [2.75, 3.05) is 26.0 Å². The molecular weight excluding hydrogens is 1040 g/mol. The molecule has 0 bridgehead atoms. The zero-order chi connectivity index (χ0) is 60.6. The van der Waals surface area contributed by atoms with Crippen LogP contribution in [0.1, 0.15) is 139 Å². The van der Waals surface area contributed by atoms with Crippen molar-refractivity contribution in [3.63, 3.8) is 0 Å². The molecule has 0 radical (unpaired) electrons. The van der Waals surface area contributed by atoms with Gasteiger partial charge in [0.15, 0.2) is 0 Å². The van der Waals surface area contributed by atoms with Crippen LogP contribution in [-0.4, -0.2) is 122 Å². The lowest BCUT2D eigenvalue weighted by Gasteiger charge is -2.42. The van der Waals surface area contributed by atoms with E-state index in [1.54, 1.807) is 69.4 Å². The van der Waals surface area contributed by atoms with Crippen LogP contribution in [0, 0.1) is 11.3 Å². The van der Waals surface area contributed by atoms with Gasteiger partial charge in [-0.3, -0.25) is 28.9 Å². The highest BCUT2D eigenvalue weighted by molar-refractivity contribution is 7.89. The monoisotopic (exact) mass is 1130 g/mol. The molecule has 0 saturated carbocycles. The molecule has 3 aromatic rings. The molecule has 0 saturated heterocycles. The normalized spacial score (nSPS) is 14.3. The third-order valence-electron chi connectivity index (χ3n) is 13.1. The number of nitrogens with zero attached hydrogens (tertiary/aromatic N) is 2. The number of nitrogens with two attached hydrogens (primary N) is 1. The van der Waals surface area contributed by atoms with Gasteiger partial charge in [-0.2, -0.15) is 0 Å². The lowest BCUT2D eigenvalue weighted by atomic mass is 9.76. The molecule has 0 fully saturated rings. The summed E-state index contributed by atoms with van der Waals surface area (Å²) in [6.45, 7) is 24.9. The zero-order valence-electron chi connectivity index (χ0n) is 49.9. The minimum absolute atomic E-state index is 0.0167. The molecular formula is C60H90N8O11S. The number of hydrogen-bond acceptors (Lipinski definition) is 12. The summed E-state index contributed by atoms with van der Waals surface area (Å²) in [5, 5.41) is 11.2. The molecule has 3 aromatic carbocycles. The third-order valence-corrected chi connectivity index (χ3v) is 14.4. The fourth-order valence-corrected chi connectivity index (χ4v) is 9.92. The largest absolute Gasteiger partial charge is 0.444 e. The van der Waals surface area contributed by atoms with Crippen LogP contribution in [0.4, 0.5) is 15.3 Å². The number of carbonyl (C=O) groups is 7. The molecule has 0 aliphatic heterocycles. The number of amides is 7. The van der Waals surface area contributed by atoms with Crippen molar-refractivity contribution in [2.24, 2.45) is 17.1 Å². The molecule has 7 amide bonds. The highest BCUT2D eigenvalue weighted by atomic mass is 32.2. The number of unbranched alkanes of at least 4 members (excludes halogenated alkanes) is 1. The molecule has 3 rings (SSSR count). The van der Waals surface area contributed by atoms with Crippen LogP contribution >= 0.6 is 0 Å². The van der Waals surface area contributed by atoms with Crippen molar-refractivity contribution < 1.29 is 51.5 Å². The van der Waals surface area contributed by atoms with Crippen LogP contribution in [0.5, 0.6) is 0 Å². The molecule has 0 unspecified atom stereocenters. The molecule has 0 aliphatic carbocycles. The number of nitrogens with one attached hydrogen (secondary N) is 5. The van der Waals surface area contributed by atoms with E-state index in [1.165, 1.54) is 54.1 Å². The first-order chi connectivity index (χ1) is 36.9. The molecule has 442 valence electrons. The van der Waals surface area contributed by atoms with E-state index in [2.05, 4.69) is 26.0 Å². The predicted molar refractivity (Wildman–Crippen MR) is 312 cm³/mol. The van der Waals surface area contributed by atoms with Crippen LogP contribution in [0.25, 0.3) is 0 Å². The van der Waals surface area contributed by atoms with Gasteiger partial charge in [-0.05, 0) is 121 Å². The van der Waals surface area contributed by atoms with Gasteiger partial charge in [0.25, 0.3) is 5.91 Å². The van der Waals surface area contributed by atoms with Crippen LogP contribution in [-0.2, 0) is 61.1 Å². The Morgan fingerprint density at radius 1 is 0.675 bits per heavy atom. The lowest BCUT2D eigenvalue weighted by molar-refractivity contribution is -0.141. The van der Waals surface area contributed by atoms with E-state index in [1.807, 2.05) is 88.4 Å². The zero-order valence-corrected chi connectivity index (χ0v) is 50.8. The van der Waals surface area contributed by atoms with Crippen molar-refractivity contribution in [1.82, 2.24) is 30.5 Å².